The molecular weight excluding hydrogens is 394 g/mol. The third-order valence-electron chi connectivity index (χ3n) is 5.10. The summed E-state index contributed by atoms with van der Waals surface area (Å²) in [6.07, 6.45) is 1.06. The summed E-state index contributed by atoms with van der Waals surface area (Å²) in [7, 11) is 0. The lowest BCUT2D eigenvalue weighted by molar-refractivity contribution is -0.136. The fourth-order valence-corrected chi connectivity index (χ4v) is 4.92. The summed E-state index contributed by atoms with van der Waals surface area (Å²) in [5.74, 6) is -1.93. The van der Waals surface area contributed by atoms with Gasteiger partial charge in [-0.2, -0.15) is 8.78 Å². The van der Waals surface area contributed by atoms with E-state index < -0.39 is 34.9 Å². The molecule has 0 radical (unpaired) electrons. The minimum absolute atomic E-state index is 0.0592. The van der Waals surface area contributed by atoms with Crippen LogP contribution in [0.4, 0.5) is 8.78 Å². The first-order valence-electron chi connectivity index (χ1n) is 9.06. The van der Waals surface area contributed by atoms with Gasteiger partial charge in [0.1, 0.15) is 5.75 Å². The molecule has 0 aromatic heterocycles. The van der Waals surface area contributed by atoms with E-state index in [0.717, 1.165) is 0 Å². The van der Waals surface area contributed by atoms with E-state index >= 15 is 0 Å². The van der Waals surface area contributed by atoms with Crippen LogP contribution in [0.25, 0.3) is 0 Å². The second-order valence-corrected chi connectivity index (χ2v) is 8.13. The van der Waals surface area contributed by atoms with Crippen molar-refractivity contribution in [1.82, 2.24) is 10.4 Å². The number of para-hydroxylation sites is 1. The number of carbonyl (C=O) groups excluding carboxylic acids is 1. The number of hydrogen-bond acceptors (Lipinski definition) is 6. The van der Waals surface area contributed by atoms with E-state index in [-0.39, 0.29) is 17.6 Å². The van der Waals surface area contributed by atoms with E-state index in [1.807, 2.05) is 0 Å². The molecule has 2 N–H and O–H groups in total. The summed E-state index contributed by atoms with van der Waals surface area (Å²) >= 11 is -2.56. The van der Waals surface area contributed by atoms with Crippen LogP contribution in [-0.2, 0) is 15.9 Å². The summed E-state index contributed by atoms with van der Waals surface area (Å²) < 4.78 is 53.7. The Hall–Kier alpha value is -1.62. The fourth-order valence-electron chi connectivity index (χ4n) is 3.79. The zero-order valence-corrected chi connectivity index (χ0v) is 16.5. The molecule has 0 aliphatic carbocycles. The maximum atomic E-state index is 12.6. The Bertz CT molecular complexity index is 684. The van der Waals surface area contributed by atoms with Gasteiger partial charge in [0.05, 0.1) is 11.3 Å². The molecule has 1 heterocycles. The van der Waals surface area contributed by atoms with Gasteiger partial charge in [0.25, 0.3) is 0 Å². The number of benzene rings is 1. The Kier molecular flexibility index (Phi) is 8.29. The molecule has 10 heteroatoms. The normalized spacial score (nSPS) is 19.4. The van der Waals surface area contributed by atoms with Crippen molar-refractivity contribution in [3.8, 4) is 5.75 Å². The Labute approximate surface area is 165 Å². The molecule has 1 aliphatic heterocycles. The van der Waals surface area contributed by atoms with Crippen molar-refractivity contribution < 1.29 is 32.3 Å². The average Bonchev–Trinajstić information content (AvgIpc) is 2.65. The SMILES string of the molecule is CC(C)C(C(=O)NO)C(N1CCC(c2ccccc2OC(F)F)CC1)S(=O)[O-]. The van der Waals surface area contributed by atoms with Crippen LogP contribution in [0.5, 0.6) is 5.75 Å². The molecule has 158 valence electrons. The molecule has 28 heavy (non-hydrogen) atoms. The van der Waals surface area contributed by atoms with E-state index in [2.05, 4.69) is 4.74 Å². The fraction of sp³-hybridized carbons (Fsp3) is 0.611. The molecule has 0 saturated carbocycles. The Morgan fingerprint density at radius 3 is 2.43 bits per heavy atom. The Balaban J connectivity index is 2.15. The monoisotopic (exact) mass is 419 g/mol. The molecule has 1 aromatic rings. The number of hydrogen-bond donors (Lipinski definition) is 2. The highest BCUT2D eigenvalue weighted by molar-refractivity contribution is 7.79. The van der Waals surface area contributed by atoms with Gasteiger partial charge in [-0.05, 0) is 60.5 Å². The number of ether oxygens (including phenoxy) is 1. The molecule has 1 fully saturated rings. The third kappa shape index (κ3) is 5.47. The van der Waals surface area contributed by atoms with Crippen molar-refractivity contribution >= 4 is 17.0 Å². The summed E-state index contributed by atoms with van der Waals surface area (Å²) in [6, 6.07) is 6.59. The number of likely N-dealkylation sites (tertiary alicyclic amines) is 1. The van der Waals surface area contributed by atoms with E-state index in [1.165, 1.54) is 6.07 Å². The van der Waals surface area contributed by atoms with Crippen LogP contribution in [0.1, 0.15) is 38.2 Å². The highest BCUT2D eigenvalue weighted by atomic mass is 32.2. The van der Waals surface area contributed by atoms with E-state index in [0.29, 0.717) is 31.5 Å². The highest BCUT2D eigenvalue weighted by Crippen LogP contribution is 2.36. The number of hydroxylamine groups is 1. The molecule has 1 aliphatic rings. The number of nitrogens with zero attached hydrogens (tertiary/aromatic N) is 1. The zero-order chi connectivity index (χ0) is 20.8. The van der Waals surface area contributed by atoms with Crippen molar-refractivity contribution in [2.75, 3.05) is 13.1 Å². The van der Waals surface area contributed by atoms with Gasteiger partial charge in [-0.3, -0.25) is 19.1 Å². The number of nitrogens with one attached hydrogen (secondary N) is 1. The van der Waals surface area contributed by atoms with Crippen molar-refractivity contribution in [3.63, 3.8) is 0 Å². The van der Waals surface area contributed by atoms with Gasteiger partial charge in [0.2, 0.25) is 5.91 Å². The van der Waals surface area contributed by atoms with Gasteiger partial charge in [-0.15, -0.1) is 0 Å². The minimum Gasteiger partial charge on any atom is -0.771 e. The molecular formula is C18H25F2N2O5S-. The first kappa shape index (κ1) is 22.7. The standard InChI is InChI=1S/C18H26F2N2O5S/c1-11(2)15(16(23)21-24)17(28(25)26)22-9-7-12(8-10-22)13-5-3-4-6-14(13)27-18(19)20/h3-6,11-12,15,17-18,24H,7-10H2,1-2H3,(H,21,23)(H,25,26)/p-1. The van der Waals surface area contributed by atoms with Gasteiger partial charge >= 0.3 is 6.61 Å². The van der Waals surface area contributed by atoms with Crippen LogP contribution in [0.3, 0.4) is 0 Å². The maximum absolute atomic E-state index is 12.6. The quantitative estimate of drug-likeness (QED) is 0.381. The number of piperidine rings is 1. The number of rotatable bonds is 8. The van der Waals surface area contributed by atoms with Crippen molar-refractivity contribution in [2.24, 2.45) is 11.8 Å². The Morgan fingerprint density at radius 1 is 1.32 bits per heavy atom. The van der Waals surface area contributed by atoms with Gasteiger partial charge < -0.3 is 9.29 Å². The molecule has 3 unspecified atom stereocenters. The first-order chi connectivity index (χ1) is 13.3. The van der Waals surface area contributed by atoms with Crippen LogP contribution >= 0.6 is 0 Å². The van der Waals surface area contributed by atoms with Crippen LogP contribution in [0.15, 0.2) is 24.3 Å². The smallest absolute Gasteiger partial charge is 0.387 e. The second-order valence-electron chi connectivity index (χ2n) is 7.12. The van der Waals surface area contributed by atoms with Gasteiger partial charge in [-0.1, -0.05) is 32.0 Å². The second kappa shape index (κ2) is 10.2. The number of alkyl halides is 2. The van der Waals surface area contributed by atoms with Gasteiger partial charge in [0, 0.05) is 0 Å². The zero-order valence-electron chi connectivity index (χ0n) is 15.7. The number of amides is 1. The van der Waals surface area contributed by atoms with Crippen LogP contribution in [0, 0.1) is 11.8 Å². The van der Waals surface area contributed by atoms with Crippen LogP contribution in [-0.4, -0.2) is 49.9 Å². The molecule has 1 aromatic carbocycles. The average molecular weight is 419 g/mol. The first-order valence-corrected chi connectivity index (χ1v) is 10.2. The van der Waals surface area contributed by atoms with Crippen LogP contribution < -0.4 is 10.2 Å². The molecule has 2 rings (SSSR count). The van der Waals surface area contributed by atoms with Crippen LogP contribution in [0.2, 0.25) is 0 Å². The highest BCUT2D eigenvalue weighted by Gasteiger charge is 2.38. The lowest BCUT2D eigenvalue weighted by Crippen LogP contribution is -2.52. The van der Waals surface area contributed by atoms with E-state index in [9.17, 15) is 22.3 Å². The van der Waals surface area contributed by atoms with Gasteiger partial charge in [0.15, 0.2) is 0 Å². The molecule has 0 bridgehead atoms. The van der Waals surface area contributed by atoms with Gasteiger partial charge in [-0.25, -0.2) is 5.48 Å². The van der Waals surface area contributed by atoms with E-state index in [1.54, 1.807) is 42.4 Å². The maximum Gasteiger partial charge on any atom is 0.387 e. The summed E-state index contributed by atoms with van der Waals surface area (Å²) in [5.41, 5.74) is 2.22. The topological polar surface area (TPSA) is 102 Å². The molecule has 0 spiro atoms. The summed E-state index contributed by atoms with van der Waals surface area (Å²) in [5, 5.41) is 7.90. The summed E-state index contributed by atoms with van der Waals surface area (Å²) in [6.45, 7) is 1.24. The van der Waals surface area contributed by atoms with Crippen molar-refractivity contribution in [1.29, 1.82) is 0 Å². The molecule has 1 saturated heterocycles. The minimum atomic E-state index is -2.92. The molecule has 7 nitrogen and oxygen atoms in total. The lowest BCUT2D eigenvalue weighted by atomic mass is 9.87. The third-order valence-corrected chi connectivity index (χ3v) is 6.09. The van der Waals surface area contributed by atoms with E-state index in [4.69, 9.17) is 5.21 Å². The molecule has 1 amide bonds. The molecule has 3 atom stereocenters. The predicted molar refractivity (Wildman–Crippen MR) is 97.6 cm³/mol. The Morgan fingerprint density at radius 2 is 1.93 bits per heavy atom. The number of halogens is 2. The largest absolute Gasteiger partial charge is 0.771 e. The summed E-state index contributed by atoms with van der Waals surface area (Å²) in [4.78, 5) is 13.7. The van der Waals surface area contributed by atoms with Crippen molar-refractivity contribution in [2.45, 2.75) is 44.6 Å². The van der Waals surface area contributed by atoms with Crippen molar-refractivity contribution in [3.05, 3.63) is 29.8 Å². The lowest BCUT2D eigenvalue weighted by Gasteiger charge is -2.42. The predicted octanol–water partition coefficient (Wildman–Crippen LogP) is 2.45. The number of carbonyl (C=O) groups is 1.